The molecule has 0 spiro atoms. The minimum absolute atomic E-state index is 0.204. The van der Waals surface area contributed by atoms with Crippen LogP contribution in [0, 0.1) is 12.7 Å². The van der Waals surface area contributed by atoms with Crippen LogP contribution in [-0.2, 0) is 0 Å². The molecule has 0 amide bonds. The molecular formula is C21H21FN6O. The van der Waals surface area contributed by atoms with E-state index in [1.165, 1.54) is 12.1 Å². The van der Waals surface area contributed by atoms with E-state index in [1.807, 2.05) is 19.1 Å². The Kier molecular flexibility index (Phi) is 4.28. The lowest BCUT2D eigenvalue weighted by molar-refractivity contribution is 0.478. The van der Waals surface area contributed by atoms with Crippen molar-refractivity contribution in [2.45, 2.75) is 25.8 Å². The summed E-state index contributed by atoms with van der Waals surface area (Å²) >= 11 is 0. The summed E-state index contributed by atoms with van der Waals surface area (Å²) in [5.74, 6) is 0.282. The molecule has 1 aliphatic heterocycles. The Hall–Kier alpha value is -3.26. The van der Waals surface area contributed by atoms with Crippen molar-refractivity contribution in [2.75, 3.05) is 18.4 Å². The Morgan fingerprint density at radius 2 is 2.00 bits per heavy atom. The fraction of sp³-hybridized carbons (Fsp3) is 0.286. The molecule has 0 aliphatic carbocycles. The molecule has 8 heteroatoms. The van der Waals surface area contributed by atoms with E-state index in [1.54, 1.807) is 27.3 Å². The summed E-state index contributed by atoms with van der Waals surface area (Å²) in [6.07, 6.45) is 5.49. The van der Waals surface area contributed by atoms with Crippen molar-refractivity contribution in [3.63, 3.8) is 0 Å². The van der Waals surface area contributed by atoms with Crippen LogP contribution in [0.3, 0.4) is 0 Å². The lowest BCUT2D eigenvalue weighted by atomic mass is 10.1. The SMILES string of the molecule is Cc1cn2cc(-c3cc(=O)n4c(NC5CCNCC5)cccc4n3)cc(F)c2n1. The molecule has 148 valence electrons. The fourth-order valence-electron chi connectivity index (χ4n) is 3.91. The van der Waals surface area contributed by atoms with Crippen molar-refractivity contribution in [3.8, 4) is 11.3 Å². The Balaban J connectivity index is 1.59. The molecule has 0 saturated carbocycles. The molecule has 1 saturated heterocycles. The first-order chi connectivity index (χ1) is 14.1. The third-order valence-corrected chi connectivity index (χ3v) is 5.30. The second kappa shape index (κ2) is 6.97. The topological polar surface area (TPSA) is 75.7 Å². The van der Waals surface area contributed by atoms with E-state index in [9.17, 15) is 9.18 Å². The normalized spacial score (nSPS) is 15.2. The van der Waals surface area contributed by atoms with Gasteiger partial charge in [0, 0.05) is 30.1 Å². The van der Waals surface area contributed by atoms with Gasteiger partial charge >= 0.3 is 0 Å². The van der Waals surface area contributed by atoms with Crippen molar-refractivity contribution in [3.05, 3.63) is 64.6 Å². The highest BCUT2D eigenvalue weighted by molar-refractivity contribution is 5.64. The molecule has 7 nitrogen and oxygen atoms in total. The first-order valence-electron chi connectivity index (χ1n) is 9.74. The highest BCUT2D eigenvalue weighted by Gasteiger charge is 2.16. The van der Waals surface area contributed by atoms with Gasteiger partial charge in [0.1, 0.15) is 11.5 Å². The number of aromatic nitrogens is 4. The fourth-order valence-corrected chi connectivity index (χ4v) is 3.91. The van der Waals surface area contributed by atoms with Gasteiger partial charge in [-0.25, -0.2) is 18.8 Å². The van der Waals surface area contributed by atoms with Crippen LogP contribution >= 0.6 is 0 Å². The number of anilines is 1. The minimum Gasteiger partial charge on any atom is -0.368 e. The van der Waals surface area contributed by atoms with Gasteiger partial charge in [0.05, 0.1) is 11.4 Å². The van der Waals surface area contributed by atoms with Crippen molar-refractivity contribution in [1.82, 2.24) is 24.1 Å². The van der Waals surface area contributed by atoms with Gasteiger partial charge in [-0.2, -0.15) is 0 Å². The van der Waals surface area contributed by atoms with Gasteiger partial charge < -0.3 is 15.0 Å². The third-order valence-electron chi connectivity index (χ3n) is 5.30. The van der Waals surface area contributed by atoms with E-state index < -0.39 is 5.82 Å². The summed E-state index contributed by atoms with van der Waals surface area (Å²) < 4.78 is 17.7. The Morgan fingerprint density at radius 1 is 1.17 bits per heavy atom. The summed E-state index contributed by atoms with van der Waals surface area (Å²) in [7, 11) is 0. The molecule has 2 N–H and O–H groups in total. The van der Waals surface area contributed by atoms with Crippen molar-refractivity contribution in [2.24, 2.45) is 0 Å². The van der Waals surface area contributed by atoms with Crippen LogP contribution in [0.2, 0.25) is 0 Å². The summed E-state index contributed by atoms with van der Waals surface area (Å²) in [5.41, 5.74) is 2.27. The average Bonchev–Trinajstić information content (AvgIpc) is 3.09. The smallest absolute Gasteiger partial charge is 0.260 e. The molecule has 1 fully saturated rings. The number of halogens is 1. The lowest BCUT2D eigenvalue weighted by Crippen LogP contribution is -2.36. The largest absolute Gasteiger partial charge is 0.368 e. The summed E-state index contributed by atoms with van der Waals surface area (Å²) in [6.45, 7) is 3.73. The maximum absolute atomic E-state index is 14.5. The second-order valence-electron chi connectivity index (χ2n) is 7.44. The zero-order valence-corrected chi connectivity index (χ0v) is 16.0. The lowest BCUT2D eigenvalue weighted by Gasteiger charge is -2.25. The molecule has 0 atom stereocenters. The van der Waals surface area contributed by atoms with Crippen molar-refractivity contribution in [1.29, 1.82) is 0 Å². The van der Waals surface area contributed by atoms with E-state index in [-0.39, 0.29) is 11.2 Å². The molecule has 29 heavy (non-hydrogen) atoms. The number of piperidine rings is 1. The molecule has 4 aromatic rings. The summed E-state index contributed by atoms with van der Waals surface area (Å²) in [4.78, 5) is 21.7. The Labute approximate surface area is 166 Å². The molecule has 0 radical (unpaired) electrons. The van der Waals surface area contributed by atoms with Gasteiger partial charge in [-0.15, -0.1) is 0 Å². The zero-order chi connectivity index (χ0) is 20.0. The molecule has 0 unspecified atom stereocenters. The van der Waals surface area contributed by atoms with Gasteiger partial charge in [-0.3, -0.25) is 4.79 Å². The van der Waals surface area contributed by atoms with Crippen LogP contribution in [0.4, 0.5) is 10.2 Å². The number of pyridine rings is 2. The van der Waals surface area contributed by atoms with E-state index in [4.69, 9.17) is 0 Å². The molecule has 0 bridgehead atoms. The van der Waals surface area contributed by atoms with Gasteiger partial charge in [0.2, 0.25) is 0 Å². The van der Waals surface area contributed by atoms with Crippen LogP contribution in [-0.4, -0.2) is 37.9 Å². The van der Waals surface area contributed by atoms with Crippen LogP contribution in [0.1, 0.15) is 18.5 Å². The van der Waals surface area contributed by atoms with E-state index in [0.717, 1.165) is 37.4 Å². The maximum atomic E-state index is 14.5. The minimum atomic E-state index is -0.445. The Morgan fingerprint density at radius 3 is 2.83 bits per heavy atom. The summed E-state index contributed by atoms with van der Waals surface area (Å²) in [5, 5.41) is 6.81. The van der Waals surface area contributed by atoms with Gasteiger partial charge in [0.15, 0.2) is 11.5 Å². The van der Waals surface area contributed by atoms with E-state index in [0.29, 0.717) is 22.9 Å². The van der Waals surface area contributed by atoms with Crippen LogP contribution in [0.15, 0.2) is 47.5 Å². The Bertz CT molecular complexity index is 1270. The van der Waals surface area contributed by atoms with Crippen LogP contribution < -0.4 is 16.2 Å². The quantitative estimate of drug-likeness (QED) is 0.561. The predicted molar refractivity (Wildman–Crippen MR) is 110 cm³/mol. The highest BCUT2D eigenvalue weighted by atomic mass is 19.1. The van der Waals surface area contributed by atoms with Gasteiger partial charge in [-0.1, -0.05) is 6.07 Å². The zero-order valence-electron chi connectivity index (χ0n) is 16.0. The van der Waals surface area contributed by atoms with E-state index >= 15 is 0 Å². The molecule has 0 aromatic carbocycles. The van der Waals surface area contributed by atoms with Gasteiger partial charge in [-0.05, 0) is 51.1 Å². The monoisotopic (exact) mass is 392 g/mol. The molecule has 1 aliphatic rings. The highest BCUT2D eigenvalue weighted by Crippen LogP contribution is 2.22. The second-order valence-corrected chi connectivity index (χ2v) is 7.44. The first kappa shape index (κ1) is 17.8. The number of aryl methyl sites for hydroxylation is 1. The van der Waals surface area contributed by atoms with Crippen LogP contribution in [0.25, 0.3) is 22.6 Å². The predicted octanol–water partition coefficient (Wildman–Crippen LogP) is 2.62. The number of rotatable bonds is 3. The van der Waals surface area contributed by atoms with Crippen molar-refractivity contribution >= 4 is 17.1 Å². The number of nitrogens with one attached hydrogen (secondary N) is 2. The standard InChI is InChI=1S/C21H21FN6O/c1-13-11-27-12-14(9-16(22)21(27)24-13)17-10-20(29)28-18(3-2-4-19(28)26-17)25-15-5-7-23-8-6-15/h2-4,9-12,15,23,25H,5-8H2,1H3. The molecule has 5 rings (SSSR count). The number of hydrogen-bond donors (Lipinski definition) is 2. The van der Waals surface area contributed by atoms with E-state index in [2.05, 4.69) is 20.6 Å². The maximum Gasteiger partial charge on any atom is 0.260 e. The molecule has 4 aromatic heterocycles. The number of imidazole rings is 1. The molecular weight excluding hydrogens is 371 g/mol. The number of hydrogen-bond acceptors (Lipinski definition) is 5. The van der Waals surface area contributed by atoms with Gasteiger partial charge in [0.25, 0.3) is 5.56 Å². The molecule has 5 heterocycles. The number of fused-ring (bicyclic) bond motifs is 2. The number of nitrogens with zero attached hydrogens (tertiary/aromatic N) is 4. The average molecular weight is 392 g/mol. The summed E-state index contributed by atoms with van der Waals surface area (Å²) in [6, 6.07) is 8.68. The third kappa shape index (κ3) is 3.25. The van der Waals surface area contributed by atoms with Crippen LogP contribution in [0.5, 0.6) is 0 Å². The van der Waals surface area contributed by atoms with Crippen molar-refractivity contribution < 1.29 is 4.39 Å². The first-order valence-corrected chi connectivity index (χ1v) is 9.74.